The highest BCUT2D eigenvalue weighted by molar-refractivity contribution is 5.20. The van der Waals surface area contributed by atoms with E-state index in [1.807, 2.05) is 0 Å². The molecule has 0 heterocycles. The quantitative estimate of drug-likeness (QED) is 0.664. The normalized spacial score (nSPS) is 15.1. The Bertz CT molecular complexity index is 293. The molecule has 1 rings (SSSR count). The highest BCUT2D eigenvalue weighted by Crippen LogP contribution is 2.21. The van der Waals surface area contributed by atoms with Crippen molar-refractivity contribution in [1.29, 1.82) is 0 Å². The van der Waals surface area contributed by atoms with Crippen molar-refractivity contribution in [1.82, 2.24) is 0 Å². The Morgan fingerprint density at radius 3 is 2.50 bits per heavy atom. The molecule has 0 radical (unpaired) electrons. The van der Waals surface area contributed by atoms with E-state index in [1.165, 1.54) is 18.2 Å². The molecule has 78 valence electrons. The molecule has 0 saturated heterocycles. The summed E-state index contributed by atoms with van der Waals surface area (Å²) in [6.07, 6.45) is -1.98. The topological polar surface area (TPSA) is 66.5 Å². The van der Waals surface area contributed by atoms with E-state index in [0.29, 0.717) is 0 Å². The van der Waals surface area contributed by atoms with Gasteiger partial charge in [0.2, 0.25) is 0 Å². The van der Waals surface area contributed by atoms with Gasteiger partial charge in [0, 0.05) is 5.56 Å². The number of hydrogen-bond acceptors (Lipinski definition) is 3. The standard InChI is InChI=1S/C10H14FNO2/c11-8-4-2-1-3-7(8)10(14)9(13)5-6-12/h1-4,9-10,13-14H,5-6,12H2. The molecule has 0 aromatic heterocycles. The number of nitrogens with two attached hydrogens (primary N) is 1. The molecule has 1 aromatic carbocycles. The largest absolute Gasteiger partial charge is 0.390 e. The molecule has 0 fully saturated rings. The zero-order valence-electron chi connectivity index (χ0n) is 7.73. The van der Waals surface area contributed by atoms with Crippen molar-refractivity contribution < 1.29 is 14.6 Å². The third-order valence-electron chi connectivity index (χ3n) is 2.05. The summed E-state index contributed by atoms with van der Waals surface area (Å²) in [4.78, 5) is 0. The number of hydrogen-bond donors (Lipinski definition) is 3. The number of aliphatic hydroxyl groups is 2. The van der Waals surface area contributed by atoms with Crippen molar-refractivity contribution in [3.63, 3.8) is 0 Å². The summed E-state index contributed by atoms with van der Waals surface area (Å²) in [5, 5.41) is 19.0. The lowest BCUT2D eigenvalue weighted by molar-refractivity contribution is 0.0130. The first kappa shape index (κ1) is 11.1. The molecule has 3 nitrogen and oxygen atoms in total. The molecule has 2 atom stereocenters. The number of aliphatic hydroxyl groups excluding tert-OH is 2. The van der Waals surface area contributed by atoms with E-state index in [9.17, 15) is 14.6 Å². The maximum Gasteiger partial charge on any atom is 0.129 e. The molecule has 4 heteroatoms. The molecule has 4 N–H and O–H groups in total. The average molecular weight is 199 g/mol. The van der Waals surface area contributed by atoms with Crippen molar-refractivity contribution >= 4 is 0 Å². The average Bonchev–Trinajstić information content (AvgIpc) is 2.18. The summed E-state index contributed by atoms with van der Waals surface area (Å²) in [5.74, 6) is -0.518. The van der Waals surface area contributed by atoms with Gasteiger partial charge in [-0.15, -0.1) is 0 Å². The fourth-order valence-electron chi connectivity index (χ4n) is 1.25. The number of halogens is 1. The van der Waals surface area contributed by atoms with E-state index >= 15 is 0 Å². The highest BCUT2D eigenvalue weighted by Gasteiger charge is 2.20. The van der Waals surface area contributed by atoms with Crippen LogP contribution in [0, 0.1) is 5.82 Å². The SMILES string of the molecule is NCCC(O)C(O)c1ccccc1F. The zero-order valence-corrected chi connectivity index (χ0v) is 7.73. The Morgan fingerprint density at radius 2 is 1.93 bits per heavy atom. The summed E-state index contributed by atoms with van der Waals surface area (Å²) in [5.41, 5.74) is 5.32. The molecule has 0 aliphatic rings. The minimum Gasteiger partial charge on any atom is -0.390 e. The third-order valence-corrected chi connectivity index (χ3v) is 2.05. The van der Waals surface area contributed by atoms with Crippen LogP contribution in [0.25, 0.3) is 0 Å². The molecular formula is C10H14FNO2. The van der Waals surface area contributed by atoms with Gasteiger partial charge in [0.25, 0.3) is 0 Å². The van der Waals surface area contributed by atoms with Crippen molar-refractivity contribution in [3.8, 4) is 0 Å². The molecular weight excluding hydrogens is 185 g/mol. The maximum absolute atomic E-state index is 13.1. The van der Waals surface area contributed by atoms with Crippen molar-refractivity contribution in [2.45, 2.75) is 18.6 Å². The maximum atomic E-state index is 13.1. The van der Waals surface area contributed by atoms with E-state index < -0.39 is 18.0 Å². The molecule has 14 heavy (non-hydrogen) atoms. The number of rotatable bonds is 4. The summed E-state index contributed by atoms with van der Waals surface area (Å²) in [6.45, 7) is 0.257. The Morgan fingerprint density at radius 1 is 1.29 bits per heavy atom. The molecule has 0 amide bonds. The molecule has 2 unspecified atom stereocenters. The molecule has 0 spiro atoms. The van der Waals surface area contributed by atoms with Crippen molar-refractivity contribution in [2.75, 3.05) is 6.54 Å². The van der Waals surface area contributed by atoms with Crippen LogP contribution in [0.1, 0.15) is 18.1 Å². The highest BCUT2D eigenvalue weighted by atomic mass is 19.1. The van der Waals surface area contributed by atoms with E-state index in [2.05, 4.69) is 0 Å². The summed E-state index contributed by atoms with van der Waals surface area (Å²) in [6, 6.07) is 5.82. The van der Waals surface area contributed by atoms with Crippen LogP contribution in [0.5, 0.6) is 0 Å². The first-order chi connectivity index (χ1) is 6.66. The van der Waals surface area contributed by atoms with E-state index in [-0.39, 0.29) is 18.5 Å². The van der Waals surface area contributed by atoms with Gasteiger partial charge < -0.3 is 15.9 Å². The fraction of sp³-hybridized carbons (Fsp3) is 0.400. The minimum absolute atomic E-state index is 0.105. The molecule has 0 saturated carbocycles. The number of benzene rings is 1. The van der Waals surface area contributed by atoms with E-state index in [1.54, 1.807) is 6.07 Å². The first-order valence-corrected chi connectivity index (χ1v) is 4.47. The monoisotopic (exact) mass is 199 g/mol. The van der Waals surface area contributed by atoms with E-state index in [0.717, 1.165) is 0 Å². The van der Waals surface area contributed by atoms with Gasteiger partial charge in [-0.3, -0.25) is 0 Å². The minimum atomic E-state index is -1.21. The predicted molar refractivity (Wildman–Crippen MR) is 51.0 cm³/mol. The van der Waals surface area contributed by atoms with Gasteiger partial charge >= 0.3 is 0 Å². The van der Waals surface area contributed by atoms with Crippen LogP contribution >= 0.6 is 0 Å². The van der Waals surface area contributed by atoms with Crippen LogP contribution in [0.3, 0.4) is 0 Å². The van der Waals surface area contributed by atoms with Gasteiger partial charge in [-0.2, -0.15) is 0 Å². The summed E-state index contributed by atoms with van der Waals surface area (Å²) < 4.78 is 13.1. The lowest BCUT2D eigenvalue weighted by Gasteiger charge is -2.17. The van der Waals surface area contributed by atoms with Crippen molar-refractivity contribution in [2.24, 2.45) is 5.73 Å². The fourth-order valence-corrected chi connectivity index (χ4v) is 1.25. The van der Waals surface area contributed by atoms with Crippen LogP contribution in [-0.2, 0) is 0 Å². The second-order valence-corrected chi connectivity index (χ2v) is 3.11. The Kier molecular flexibility index (Phi) is 4.00. The summed E-state index contributed by atoms with van der Waals surface area (Å²) >= 11 is 0. The lowest BCUT2D eigenvalue weighted by atomic mass is 10.0. The van der Waals surface area contributed by atoms with Gasteiger partial charge in [0.05, 0.1) is 6.10 Å². The van der Waals surface area contributed by atoms with Gasteiger partial charge in [0.1, 0.15) is 11.9 Å². The van der Waals surface area contributed by atoms with Gasteiger partial charge in [-0.05, 0) is 19.0 Å². The molecule has 0 aliphatic heterocycles. The van der Waals surface area contributed by atoms with Crippen LogP contribution in [-0.4, -0.2) is 22.9 Å². The van der Waals surface area contributed by atoms with E-state index in [4.69, 9.17) is 5.73 Å². The second-order valence-electron chi connectivity index (χ2n) is 3.11. The second kappa shape index (κ2) is 5.05. The van der Waals surface area contributed by atoms with Crippen molar-refractivity contribution in [3.05, 3.63) is 35.6 Å². The van der Waals surface area contributed by atoms with Crippen LogP contribution in [0.4, 0.5) is 4.39 Å². The summed E-state index contributed by atoms with van der Waals surface area (Å²) in [7, 11) is 0. The van der Waals surface area contributed by atoms with Crippen LogP contribution in [0.2, 0.25) is 0 Å². The van der Waals surface area contributed by atoms with Gasteiger partial charge in [-0.1, -0.05) is 18.2 Å². The van der Waals surface area contributed by atoms with Crippen LogP contribution in [0.15, 0.2) is 24.3 Å². The lowest BCUT2D eigenvalue weighted by Crippen LogP contribution is -2.22. The first-order valence-electron chi connectivity index (χ1n) is 4.47. The molecule has 0 aliphatic carbocycles. The Hall–Kier alpha value is -0.970. The smallest absolute Gasteiger partial charge is 0.129 e. The third kappa shape index (κ3) is 2.51. The molecule has 1 aromatic rings. The Labute approximate surface area is 82.0 Å². The zero-order chi connectivity index (χ0) is 10.6. The van der Waals surface area contributed by atoms with Crippen LogP contribution < -0.4 is 5.73 Å². The Balaban J connectivity index is 2.78. The van der Waals surface area contributed by atoms with Gasteiger partial charge in [-0.25, -0.2) is 4.39 Å². The molecule has 0 bridgehead atoms. The van der Waals surface area contributed by atoms with Gasteiger partial charge in [0.15, 0.2) is 0 Å². The predicted octanol–water partition coefficient (Wildman–Crippen LogP) is 0.569.